The van der Waals surface area contributed by atoms with E-state index < -0.39 is 0 Å². The fourth-order valence-electron chi connectivity index (χ4n) is 0.843. The van der Waals surface area contributed by atoms with Crippen LogP contribution < -0.4 is 0 Å². The van der Waals surface area contributed by atoms with E-state index in [-0.39, 0.29) is 0 Å². The van der Waals surface area contributed by atoms with Crippen LogP contribution in [-0.4, -0.2) is 0 Å². The second kappa shape index (κ2) is 4.98. The summed E-state index contributed by atoms with van der Waals surface area (Å²) in [5.74, 6) is 2.22. The summed E-state index contributed by atoms with van der Waals surface area (Å²) in [7, 11) is 0.855. The average molecular weight is 164 g/mol. The molecule has 0 aliphatic rings. The van der Waals surface area contributed by atoms with Gasteiger partial charge in [0.2, 0.25) is 0 Å². The highest BCUT2D eigenvalue weighted by Gasteiger charge is 1.77. The maximum absolute atomic E-state index is 2.22. The van der Waals surface area contributed by atoms with Crippen LogP contribution in [0.5, 0.6) is 0 Å². The van der Waals surface area contributed by atoms with Crippen LogP contribution >= 0.6 is 8.19 Å². The molecule has 0 fully saturated rings. The summed E-state index contributed by atoms with van der Waals surface area (Å²) in [5, 5.41) is 1.52. The first-order chi connectivity index (χ1) is 5.43. The first-order valence-corrected chi connectivity index (χ1v) is 4.97. The fourth-order valence-corrected chi connectivity index (χ4v) is 1.66. The lowest BCUT2D eigenvalue weighted by Crippen LogP contribution is -1.65. The van der Waals surface area contributed by atoms with E-state index in [0.717, 1.165) is 14.6 Å². The van der Waals surface area contributed by atoms with Crippen molar-refractivity contribution in [2.45, 2.75) is 13.3 Å². The highest BCUT2D eigenvalue weighted by molar-refractivity contribution is 7.29. The van der Waals surface area contributed by atoms with Crippen molar-refractivity contribution in [3.63, 3.8) is 0 Å². The molecule has 0 bridgehead atoms. The van der Waals surface area contributed by atoms with Gasteiger partial charge < -0.3 is 0 Å². The molecule has 0 aromatic carbocycles. The molecule has 0 nitrogen and oxygen atoms in total. The molecule has 1 heteroatoms. The summed E-state index contributed by atoms with van der Waals surface area (Å²) in [5.41, 5.74) is 0. The number of hydrogen-bond donors (Lipinski definition) is 0. The predicted octanol–water partition coefficient (Wildman–Crippen LogP) is 3.40. The SMILES string of the molecule is CCc1ccccccc[pH]1. The van der Waals surface area contributed by atoms with Gasteiger partial charge in [-0.15, -0.1) is 8.19 Å². The lowest BCUT2D eigenvalue weighted by molar-refractivity contribution is 1.18. The third-order valence-corrected chi connectivity index (χ3v) is 2.74. The minimum absolute atomic E-state index is 0.855. The molecule has 0 aliphatic heterocycles. The van der Waals surface area contributed by atoms with Gasteiger partial charge in [-0.1, -0.05) is 43.3 Å². The third kappa shape index (κ3) is 3.25. The van der Waals surface area contributed by atoms with Gasteiger partial charge in [0.05, 0.1) is 0 Å². The first-order valence-electron chi connectivity index (χ1n) is 3.89. The summed E-state index contributed by atoms with van der Waals surface area (Å²) >= 11 is 0. The molecule has 0 saturated heterocycles. The number of hydrogen-bond acceptors (Lipinski definition) is 0. The van der Waals surface area contributed by atoms with Gasteiger partial charge in [-0.05, 0) is 17.5 Å². The van der Waals surface area contributed by atoms with Gasteiger partial charge in [-0.2, -0.15) is 0 Å². The molecule has 1 atom stereocenters. The average Bonchev–Trinajstić information content (AvgIpc) is 2.16. The lowest BCUT2D eigenvalue weighted by atomic mass is 10.4. The van der Waals surface area contributed by atoms with Gasteiger partial charge >= 0.3 is 0 Å². The predicted molar refractivity (Wildman–Crippen MR) is 52.9 cm³/mol. The lowest BCUT2D eigenvalue weighted by Gasteiger charge is -1.86. The van der Waals surface area contributed by atoms with Crippen LogP contribution in [-0.2, 0) is 6.42 Å². The molecule has 0 radical (unpaired) electrons. The standard InChI is InChI=1S/C10H13P/c1-2-10-8-6-4-3-5-7-9-11-10/h3-9,11H,2H2,1H3. The minimum Gasteiger partial charge on any atom is -0.137 e. The third-order valence-electron chi connectivity index (χ3n) is 1.49. The molecule has 1 aromatic heterocycles. The van der Waals surface area contributed by atoms with E-state index in [9.17, 15) is 0 Å². The van der Waals surface area contributed by atoms with Crippen LogP contribution in [0.1, 0.15) is 12.2 Å². The maximum atomic E-state index is 2.22. The summed E-state index contributed by atoms with van der Waals surface area (Å²) in [6.07, 6.45) is 1.16. The molecule has 0 saturated carbocycles. The molecular formula is C10H13P. The normalized spacial score (nSPS) is 9.55. The monoisotopic (exact) mass is 164 g/mol. The Labute approximate surface area is 69.7 Å². The van der Waals surface area contributed by atoms with Crippen molar-refractivity contribution in [1.82, 2.24) is 0 Å². The van der Waals surface area contributed by atoms with Crippen molar-refractivity contribution in [1.29, 1.82) is 0 Å². The molecule has 11 heavy (non-hydrogen) atoms. The van der Waals surface area contributed by atoms with Crippen molar-refractivity contribution in [3.8, 4) is 0 Å². The summed E-state index contributed by atoms with van der Waals surface area (Å²) in [6.45, 7) is 2.20. The topological polar surface area (TPSA) is 0 Å². The molecule has 58 valence electrons. The van der Waals surface area contributed by atoms with Crippen molar-refractivity contribution >= 4 is 8.19 Å². The van der Waals surface area contributed by atoms with Gasteiger partial charge in [0.1, 0.15) is 0 Å². The first kappa shape index (κ1) is 8.36. The van der Waals surface area contributed by atoms with Crippen molar-refractivity contribution < 1.29 is 0 Å². The van der Waals surface area contributed by atoms with Crippen molar-refractivity contribution in [2.75, 3.05) is 0 Å². The van der Waals surface area contributed by atoms with Crippen molar-refractivity contribution in [2.24, 2.45) is 0 Å². The Kier molecular flexibility index (Phi) is 3.79. The molecule has 1 unspecified atom stereocenters. The van der Waals surface area contributed by atoms with Crippen LogP contribution in [0.2, 0.25) is 0 Å². The van der Waals surface area contributed by atoms with Crippen molar-refractivity contribution in [3.05, 3.63) is 47.5 Å². The van der Waals surface area contributed by atoms with E-state index in [1.807, 2.05) is 0 Å². The zero-order valence-corrected chi connectivity index (χ0v) is 7.75. The maximum Gasteiger partial charge on any atom is -0.0272 e. The van der Waals surface area contributed by atoms with Crippen LogP contribution in [0.25, 0.3) is 0 Å². The van der Waals surface area contributed by atoms with E-state index in [0.29, 0.717) is 0 Å². The zero-order valence-electron chi connectivity index (χ0n) is 6.75. The van der Waals surface area contributed by atoms with E-state index in [4.69, 9.17) is 0 Å². The van der Waals surface area contributed by atoms with Crippen LogP contribution in [0.3, 0.4) is 0 Å². The Morgan fingerprint density at radius 2 is 1.82 bits per heavy atom. The fraction of sp³-hybridized carbons (Fsp3) is 0.200. The Morgan fingerprint density at radius 3 is 2.64 bits per heavy atom. The molecule has 0 spiro atoms. The summed E-state index contributed by atoms with van der Waals surface area (Å²) in [4.78, 5) is 0. The molecule has 1 heterocycles. The Morgan fingerprint density at radius 1 is 1.09 bits per heavy atom. The molecular weight excluding hydrogens is 151 g/mol. The Balaban J connectivity index is 3.07. The van der Waals surface area contributed by atoms with Gasteiger partial charge in [-0.25, -0.2) is 0 Å². The highest BCUT2D eigenvalue weighted by Crippen LogP contribution is 2.09. The van der Waals surface area contributed by atoms with Crippen LogP contribution in [0, 0.1) is 0 Å². The zero-order chi connectivity index (χ0) is 7.94. The van der Waals surface area contributed by atoms with Crippen LogP contribution in [0.15, 0.2) is 42.2 Å². The van der Waals surface area contributed by atoms with E-state index in [1.165, 1.54) is 5.30 Å². The van der Waals surface area contributed by atoms with Gasteiger partial charge in [-0.3, -0.25) is 0 Å². The summed E-state index contributed by atoms with van der Waals surface area (Å²) in [6, 6.07) is 12.6. The Bertz CT molecular complexity index is 225. The van der Waals surface area contributed by atoms with Gasteiger partial charge in [0.25, 0.3) is 0 Å². The highest BCUT2D eigenvalue weighted by atomic mass is 31.0. The largest absolute Gasteiger partial charge is 0.137 e. The quantitative estimate of drug-likeness (QED) is 0.596. The van der Waals surface area contributed by atoms with E-state index in [2.05, 4.69) is 49.1 Å². The van der Waals surface area contributed by atoms with Crippen LogP contribution in [0.4, 0.5) is 0 Å². The molecule has 1 aromatic rings. The Hall–Kier alpha value is -0.740. The number of aryl methyl sites for hydroxylation is 1. The molecule has 1 rings (SSSR count). The minimum atomic E-state index is 0.855. The van der Waals surface area contributed by atoms with Gasteiger partial charge in [0.15, 0.2) is 0 Å². The molecule has 0 aliphatic carbocycles. The second-order valence-corrected chi connectivity index (χ2v) is 3.58. The van der Waals surface area contributed by atoms with E-state index >= 15 is 0 Å². The second-order valence-electron chi connectivity index (χ2n) is 2.32. The molecule has 0 N–H and O–H groups in total. The van der Waals surface area contributed by atoms with Gasteiger partial charge in [0, 0.05) is 0 Å². The molecule has 0 amide bonds. The summed E-state index contributed by atoms with van der Waals surface area (Å²) < 4.78 is 0. The van der Waals surface area contributed by atoms with E-state index in [1.54, 1.807) is 0 Å². The smallest absolute Gasteiger partial charge is 0.0272 e. The number of rotatable bonds is 1.